The van der Waals surface area contributed by atoms with E-state index >= 15 is 0 Å². The zero-order valence-electron chi connectivity index (χ0n) is 21.1. The smallest absolute Gasteiger partial charge is 0.414 e. The molecule has 0 saturated carbocycles. The first kappa shape index (κ1) is 26.4. The van der Waals surface area contributed by atoms with E-state index in [1.807, 2.05) is 0 Å². The minimum Gasteiger partial charge on any atom is -0.452 e. The van der Waals surface area contributed by atoms with Crippen LogP contribution in [-0.2, 0) is 17.7 Å². The molecule has 5 rings (SSSR count). The lowest BCUT2D eigenvalue weighted by atomic mass is 10.1. The number of ether oxygens (including phenoxy) is 1. The summed E-state index contributed by atoms with van der Waals surface area (Å²) < 4.78 is 49.2. The largest absolute Gasteiger partial charge is 0.452 e. The van der Waals surface area contributed by atoms with Crippen molar-refractivity contribution in [3.63, 3.8) is 0 Å². The van der Waals surface area contributed by atoms with Crippen molar-refractivity contribution >= 4 is 40.1 Å². The first-order chi connectivity index (χ1) is 19.2. The Morgan fingerprint density at radius 3 is 2.42 bits per heavy atom. The Morgan fingerprint density at radius 2 is 1.75 bits per heavy atom. The van der Waals surface area contributed by atoms with Gasteiger partial charge in [-0.25, -0.2) is 22.9 Å². The van der Waals surface area contributed by atoms with Crippen molar-refractivity contribution in [2.24, 2.45) is 0 Å². The van der Waals surface area contributed by atoms with Crippen molar-refractivity contribution in [1.82, 2.24) is 24.7 Å². The maximum absolute atomic E-state index is 14.6. The van der Waals surface area contributed by atoms with Gasteiger partial charge in [0.15, 0.2) is 11.6 Å². The zero-order chi connectivity index (χ0) is 28.6. The summed E-state index contributed by atoms with van der Waals surface area (Å²) in [5.41, 5.74) is 17.7. The Bertz CT molecular complexity index is 1720. The number of nitrogens with two attached hydrogens (primary N) is 2. The van der Waals surface area contributed by atoms with Crippen LogP contribution in [-0.4, -0.2) is 37.9 Å². The number of aromatic nitrogens is 5. The van der Waals surface area contributed by atoms with Gasteiger partial charge in [-0.3, -0.25) is 4.90 Å². The monoisotopic (exact) mass is 550 g/mol. The molecule has 0 aliphatic rings. The molecule has 3 aromatic heterocycles. The second kappa shape index (κ2) is 10.5. The van der Waals surface area contributed by atoms with Gasteiger partial charge in [0, 0.05) is 12.5 Å². The summed E-state index contributed by atoms with van der Waals surface area (Å²) in [7, 11) is 1.14. The summed E-state index contributed by atoms with van der Waals surface area (Å²) in [5, 5.41) is 4.46. The van der Waals surface area contributed by atoms with E-state index in [0.717, 1.165) is 18.2 Å². The highest BCUT2D eigenvalue weighted by Crippen LogP contribution is 2.32. The van der Waals surface area contributed by atoms with E-state index in [1.54, 1.807) is 24.3 Å². The number of hydrogen-bond acceptors (Lipinski definition) is 8. The number of nitrogens with zero attached hydrogens (tertiary/aromatic N) is 6. The third kappa shape index (κ3) is 4.82. The number of fused-ring (bicyclic) bond motifs is 1. The van der Waals surface area contributed by atoms with Crippen molar-refractivity contribution in [3.8, 4) is 5.95 Å². The third-order valence-electron chi connectivity index (χ3n) is 6.18. The molecular formula is C26H23F3N9O2+. The second-order valence-electron chi connectivity index (χ2n) is 8.72. The molecule has 0 spiro atoms. The fraction of sp³-hybridized carbons (Fsp3) is 0.115. The standard InChI is InChI=1S/C26H22F3N9O2/c1-40-26(39)37(12-15-17(29)7-4-8-18(15)30)22-23(31)34-25(35-24(22)32)38-20-10-14(27)11-33-21(20)19(36-38)9-13-5-2-3-6-16(13)28/h2-8,10-11H,9,12,30H2,1H3,(H4,31,32,34,35)/p+1. The van der Waals surface area contributed by atoms with Crippen LogP contribution in [0.5, 0.6) is 0 Å². The summed E-state index contributed by atoms with van der Waals surface area (Å²) >= 11 is 0. The number of carbonyl (C=O) groups is 1. The summed E-state index contributed by atoms with van der Waals surface area (Å²) in [6, 6.07) is 11.6. The summed E-state index contributed by atoms with van der Waals surface area (Å²) in [5.74, 6) is -2.39. The number of rotatable bonds is 6. The number of hydrogen-bond donors (Lipinski definition) is 3. The lowest BCUT2D eigenvalue weighted by Crippen LogP contribution is -2.43. The number of halogens is 3. The highest BCUT2D eigenvalue weighted by Gasteiger charge is 2.28. The molecule has 3 heterocycles. The predicted octanol–water partition coefficient (Wildman–Crippen LogP) is 3.03. The van der Waals surface area contributed by atoms with Crippen LogP contribution in [0.15, 0.2) is 54.7 Å². The van der Waals surface area contributed by atoms with E-state index in [2.05, 4.69) is 25.8 Å². The zero-order valence-corrected chi connectivity index (χ0v) is 21.1. The molecule has 7 N–H and O–H groups in total. The molecule has 14 heteroatoms. The lowest BCUT2D eigenvalue weighted by Gasteiger charge is -2.23. The lowest BCUT2D eigenvalue weighted by molar-refractivity contribution is -0.256. The van der Waals surface area contributed by atoms with Gasteiger partial charge < -0.3 is 21.9 Å². The fourth-order valence-electron chi connectivity index (χ4n) is 4.26. The first-order valence-electron chi connectivity index (χ1n) is 11.8. The van der Waals surface area contributed by atoms with Gasteiger partial charge in [-0.15, -0.1) is 0 Å². The molecule has 2 aromatic carbocycles. The average molecular weight is 551 g/mol. The minimum atomic E-state index is -0.902. The molecule has 0 saturated heterocycles. The third-order valence-corrected chi connectivity index (χ3v) is 6.18. The SMILES string of the molecule is COC(=O)N(Cc1c([NH3+])cccc1F)c1c(N)nc(-n2nc(Cc3ccccc3F)c3ncc(F)cc32)nc1N. The van der Waals surface area contributed by atoms with Gasteiger partial charge in [-0.05, 0) is 23.8 Å². The summed E-state index contributed by atoms with van der Waals surface area (Å²) in [6.07, 6.45) is 0.157. The van der Waals surface area contributed by atoms with Crippen LogP contribution in [0.2, 0.25) is 0 Å². The number of nitrogen functional groups attached to an aromatic ring is 2. The van der Waals surface area contributed by atoms with Gasteiger partial charge in [0.2, 0.25) is 0 Å². The van der Waals surface area contributed by atoms with Crippen molar-refractivity contribution in [1.29, 1.82) is 0 Å². The van der Waals surface area contributed by atoms with E-state index in [4.69, 9.17) is 16.2 Å². The van der Waals surface area contributed by atoms with E-state index in [0.29, 0.717) is 16.9 Å². The van der Waals surface area contributed by atoms with Gasteiger partial charge >= 0.3 is 6.09 Å². The van der Waals surface area contributed by atoms with E-state index < -0.39 is 23.5 Å². The van der Waals surface area contributed by atoms with Crippen LogP contribution in [0.1, 0.15) is 16.8 Å². The summed E-state index contributed by atoms with van der Waals surface area (Å²) in [4.78, 5) is 26.3. The van der Waals surface area contributed by atoms with Crippen LogP contribution in [0.4, 0.5) is 41.0 Å². The van der Waals surface area contributed by atoms with E-state index in [9.17, 15) is 18.0 Å². The highest BCUT2D eigenvalue weighted by atomic mass is 19.1. The number of methoxy groups -OCH3 is 1. The van der Waals surface area contributed by atoms with Crippen LogP contribution >= 0.6 is 0 Å². The molecule has 204 valence electrons. The van der Waals surface area contributed by atoms with Crippen molar-refractivity contribution in [3.05, 3.63) is 89.0 Å². The van der Waals surface area contributed by atoms with Gasteiger partial charge in [0.25, 0.3) is 5.95 Å². The number of quaternary nitrogens is 1. The Labute approximate surface area is 225 Å². The molecule has 0 aliphatic heterocycles. The van der Waals surface area contributed by atoms with Crippen molar-refractivity contribution in [2.75, 3.05) is 23.5 Å². The van der Waals surface area contributed by atoms with Crippen LogP contribution < -0.4 is 22.1 Å². The second-order valence-corrected chi connectivity index (χ2v) is 8.72. The number of pyridine rings is 1. The van der Waals surface area contributed by atoms with Gasteiger partial charge in [-0.2, -0.15) is 19.7 Å². The topological polar surface area (TPSA) is 166 Å². The quantitative estimate of drug-likeness (QED) is 0.290. The Hall–Kier alpha value is -5.24. The molecule has 0 atom stereocenters. The molecule has 1 amide bonds. The van der Waals surface area contributed by atoms with Gasteiger partial charge in [0.1, 0.15) is 34.3 Å². The predicted molar refractivity (Wildman–Crippen MR) is 140 cm³/mol. The fourth-order valence-corrected chi connectivity index (χ4v) is 4.26. The molecule has 0 bridgehead atoms. The number of anilines is 3. The van der Waals surface area contributed by atoms with Crippen LogP contribution in [0.25, 0.3) is 17.0 Å². The molecule has 0 unspecified atom stereocenters. The number of carbonyl (C=O) groups excluding carboxylic acids is 1. The van der Waals surface area contributed by atoms with E-state index in [-0.39, 0.29) is 52.8 Å². The molecule has 40 heavy (non-hydrogen) atoms. The normalized spacial score (nSPS) is 11.1. The van der Waals surface area contributed by atoms with Crippen molar-refractivity contribution < 1.29 is 28.4 Å². The minimum absolute atomic E-state index is 0.0456. The average Bonchev–Trinajstić information content (AvgIpc) is 3.27. The number of benzene rings is 2. The first-order valence-corrected chi connectivity index (χ1v) is 11.8. The maximum Gasteiger partial charge on any atom is 0.414 e. The Balaban J connectivity index is 1.61. The van der Waals surface area contributed by atoms with Gasteiger partial charge in [0.05, 0.1) is 36.6 Å². The molecular weight excluding hydrogens is 527 g/mol. The molecule has 0 fully saturated rings. The number of amides is 1. The van der Waals surface area contributed by atoms with Crippen LogP contribution in [0, 0.1) is 17.5 Å². The van der Waals surface area contributed by atoms with Gasteiger partial charge in [-0.1, -0.05) is 24.3 Å². The van der Waals surface area contributed by atoms with Crippen LogP contribution in [0.3, 0.4) is 0 Å². The molecule has 0 aliphatic carbocycles. The highest BCUT2D eigenvalue weighted by molar-refractivity contribution is 5.95. The Kier molecular flexibility index (Phi) is 6.92. The van der Waals surface area contributed by atoms with E-state index in [1.165, 1.54) is 28.9 Å². The maximum atomic E-state index is 14.6. The molecule has 0 radical (unpaired) electrons. The Morgan fingerprint density at radius 1 is 1.05 bits per heavy atom. The van der Waals surface area contributed by atoms with Crippen molar-refractivity contribution in [2.45, 2.75) is 13.0 Å². The summed E-state index contributed by atoms with van der Waals surface area (Å²) in [6.45, 7) is -0.331. The molecule has 11 nitrogen and oxygen atoms in total. The molecule has 5 aromatic rings.